The van der Waals surface area contributed by atoms with Crippen LogP contribution in [0.3, 0.4) is 0 Å². The van der Waals surface area contributed by atoms with Gasteiger partial charge in [0.1, 0.15) is 0 Å². The summed E-state index contributed by atoms with van der Waals surface area (Å²) in [5.74, 6) is -0.0459. The van der Waals surface area contributed by atoms with Crippen LogP contribution in [0, 0.1) is 0 Å². The molecule has 1 aliphatic rings. The fourth-order valence-corrected chi connectivity index (χ4v) is 2.68. The molecular formula is C17H26N2O2. The molecule has 1 saturated carbocycles. The van der Waals surface area contributed by atoms with Crippen LogP contribution in [0.15, 0.2) is 24.3 Å². The van der Waals surface area contributed by atoms with E-state index < -0.39 is 0 Å². The van der Waals surface area contributed by atoms with E-state index in [9.17, 15) is 4.79 Å². The lowest BCUT2D eigenvalue weighted by molar-refractivity contribution is 0.0302. The van der Waals surface area contributed by atoms with Gasteiger partial charge in [-0.25, -0.2) is 0 Å². The van der Waals surface area contributed by atoms with Crippen molar-refractivity contribution in [2.24, 2.45) is 0 Å². The van der Waals surface area contributed by atoms with E-state index in [0.29, 0.717) is 11.7 Å². The molecule has 116 valence electrons. The lowest BCUT2D eigenvalue weighted by Gasteiger charge is -2.22. The second-order valence-electron chi connectivity index (χ2n) is 5.58. The summed E-state index contributed by atoms with van der Waals surface area (Å²) in [5, 5.41) is 6.00. The van der Waals surface area contributed by atoms with Gasteiger partial charge in [-0.1, -0.05) is 31.4 Å². The van der Waals surface area contributed by atoms with E-state index >= 15 is 0 Å². The smallest absolute Gasteiger partial charge is 0.251 e. The van der Waals surface area contributed by atoms with E-state index in [1.807, 2.05) is 24.3 Å². The molecular weight excluding hydrogens is 264 g/mol. The van der Waals surface area contributed by atoms with Crippen LogP contribution in [0.25, 0.3) is 0 Å². The molecule has 0 bridgehead atoms. The quantitative estimate of drug-likeness (QED) is 0.759. The van der Waals surface area contributed by atoms with Gasteiger partial charge in [0, 0.05) is 25.7 Å². The van der Waals surface area contributed by atoms with Crippen LogP contribution in [0.4, 0.5) is 0 Å². The Morgan fingerprint density at radius 2 is 1.90 bits per heavy atom. The van der Waals surface area contributed by atoms with E-state index in [-0.39, 0.29) is 5.91 Å². The lowest BCUT2D eigenvalue weighted by atomic mass is 9.98. The third-order valence-electron chi connectivity index (χ3n) is 3.96. The van der Waals surface area contributed by atoms with E-state index in [0.717, 1.165) is 19.7 Å². The van der Waals surface area contributed by atoms with Crippen LogP contribution in [-0.2, 0) is 11.3 Å². The molecule has 0 spiro atoms. The molecule has 0 unspecified atom stereocenters. The minimum absolute atomic E-state index is 0.0459. The minimum Gasteiger partial charge on any atom is -0.377 e. The van der Waals surface area contributed by atoms with E-state index in [1.54, 1.807) is 7.05 Å². The summed E-state index contributed by atoms with van der Waals surface area (Å²) in [5.41, 5.74) is 1.88. The van der Waals surface area contributed by atoms with E-state index in [4.69, 9.17) is 4.74 Å². The van der Waals surface area contributed by atoms with Gasteiger partial charge in [-0.2, -0.15) is 0 Å². The Morgan fingerprint density at radius 1 is 1.19 bits per heavy atom. The van der Waals surface area contributed by atoms with Crippen molar-refractivity contribution >= 4 is 5.91 Å². The van der Waals surface area contributed by atoms with Crippen molar-refractivity contribution in [1.29, 1.82) is 0 Å². The topological polar surface area (TPSA) is 50.4 Å². The molecule has 1 aliphatic carbocycles. The van der Waals surface area contributed by atoms with Gasteiger partial charge >= 0.3 is 0 Å². The van der Waals surface area contributed by atoms with Crippen LogP contribution < -0.4 is 10.6 Å². The second kappa shape index (κ2) is 8.80. The molecule has 1 amide bonds. The van der Waals surface area contributed by atoms with Crippen molar-refractivity contribution in [2.45, 2.75) is 44.8 Å². The number of ether oxygens (including phenoxy) is 1. The molecule has 1 aromatic rings. The highest BCUT2D eigenvalue weighted by Gasteiger charge is 2.12. The standard InChI is InChI=1S/C17H26N2O2/c1-18-17(20)15-9-7-14(8-10-15)13-19-11-12-21-16-5-3-2-4-6-16/h7-10,16,19H,2-6,11-13H2,1H3,(H,18,20). The Labute approximate surface area is 127 Å². The summed E-state index contributed by atoms with van der Waals surface area (Å²) in [6.45, 7) is 2.46. The molecule has 0 atom stereocenters. The van der Waals surface area contributed by atoms with Crippen molar-refractivity contribution < 1.29 is 9.53 Å². The molecule has 21 heavy (non-hydrogen) atoms. The summed E-state index contributed by atoms with van der Waals surface area (Å²) >= 11 is 0. The van der Waals surface area contributed by atoms with Crippen molar-refractivity contribution in [2.75, 3.05) is 20.2 Å². The third-order valence-corrected chi connectivity index (χ3v) is 3.96. The molecule has 0 aliphatic heterocycles. The van der Waals surface area contributed by atoms with Crippen LogP contribution in [0.5, 0.6) is 0 Å². The molecule has 2 rings (SSSR count). The van der Waals surface area contributed by atoms with Crippen molar-refractivity contribution in [3.63, 3.8) is 0 Å². The summed E-state index contributed by atoms with van der Waals surface area (Å²) in [4.78, 5) is 11.4. The number of amides is 1. The molecule has 0 heterocycles. The number of carbonyl (C=O) groups is 1. The first kappa shape index (κ1) is 16.0. The zero-order chi connectivity index (χ0) is 14.9. The van der Waals surface area contributed by atoms with Crippen LogP contribution in [0.1, 0.15) is 48.0 Å². The maximum absolute atomic E-state index is 11.4. The Kier molecular flexibility index (Phi) is 6.70. The maximum atomic E-state index is 11.4. The largest absolute Gasteiger partial charge is 0.377 e. The third kappa shape index (κ3) is 5.48. The summed E-state index contributed by atoms with van der Waals surface area (Å²) < 4.78 is 5.87. The molecule has 1 fully saturated rings. The Balaban J connectivity index is 1.61. The Morgan fingerprint density at radius 3 is 2.57 bits per heavy atom. The molecule has 4 heteroatoms. The molecule has 0 saturated heterocycles. The minimum atomic E-state index is -0.0459. The van der Waals surface area contributed by atoms with Crippen LogP contribution in [-0.4, -0.2) is 32.2 Å². The van der Waals surface area contributed by atoms with Crippen LogP contribution in [0.2, 0.25) is 0 Å². The van der Waals surface area contributed by atoms with Gasteiger partial charge in [-0.05, 0) is 30.5 Å². The van der Waals surface area contributed by atoms with Gasteiger partial charge in [0.05, 0.1) is 12.7 Å². The fraction of sp³-hybridized carbons (Fsp3) is 0.588. The Hall–Kier alpha value is -1.39. The summed E-state index contributed by atoms with van der Waals surface area (Å²) in [7, 11) is 1.64. The molecule has 2 N–H and O–H groups in total. The highest BCUT2D eigenvalue weighted by atomic mass is 16.5. The van der Waals surface area contributed by atoms with E-state index in [1.165, 1.54) is 37.7 Å². The SMILES string of the molecule is CNC(=O)c1ccc(CNCCOC2CCCCC2)cc1. The number of rotatable bonds is 7. The fourth-order valence-electron chi connectivity index (χ4n) is 2.68. The van der Waals surface area contributed by atoms with Gasteiger partial charge in [-0.3, -0.25) is 4.79 Å². The highest BCUT2D eigenvalue weighted by Crippen LogP contribution is 2.19. The molecule has 1 aromatic carbocycles. The molecule has 0 radical (unpaired) electrons. The van der Waals surface area contributed by atoms with Crippen LogP contribution >= 0.6 is 0 Å². The number of benzene rings is 1. The monoisotopic (exact) mass is 290 g/mol. The van der Waals surface area contributed by atoms with E-state index in [2.05, 4.69) is 10.6 Å². The van der Waals surface area contributed by atoms with Gasteiger partial charge in [0.25, 0.3) is 5.91 Å². The zero-order valence-electron chi connectivity index (χ0n) is 12.9. The van der Waals surface area contributed by atoms with Crippen molar-refractivity contribution in [3.8, 4) is 0 Å². The summed E-state index contributed by atoms with van der Waals surface area (Å²) in [6.07, 6.45) is 6.92. The predicted molar refractivity (Wildman–Crippen MR) is 84.4 cm³/mol. The number of hydrogen-bond donors (Lipinski definition) is 2. The maximum Gasteiger partial charge on any atom is 0.251 e. The van der Waals surface area contributed by atoms with Gasteiger partial charge in [-0.15, -0.1) is 0 Å². The predicted octanol–water partition coefficient (Wildman–Crippen LogP) is 2.49. The summed E-state index contributed by atoms with van der Waals surface area (Å²) in [6, 6.07) is 7.68. The number of carbonyl (C=O) groups excluding carboxylic acids is 1. The first-order valence-electron chi connectivity index (χ1n) is 7.93. The molecule has 4 nitrogen and oxygen atoms in total. The molecule has 0 aromatic heterocycles. The first-order chi connectivity index (χ1) is 10.3. The van der Waals surface area contributed by atoms with Crippen molar-refractivity contribution in [1.82, 2.24) is 10.6 Å². The average Bonchev–Trinajstić information content (AvgIpc) is 2.55. The number of hydrogen-bond acceptors (Lipinski definition) is 3. The van der Waals surface area contributed by atoms with Crippen molar-refractivity contribution in [3.05, 3.63) is 35.4 Å². The highest BCUT2D eigenvalue weighted by molar-refractivity contribution is 5.93. The second-order valence-corrected chi connectivity index (χ2v) is 5.58. The number of nitrogens with one attached hydrogen (secondary N) is 2. The lowest BCUT2D eigenvalue weighted by Crippen LogP contribution is -2.24. The Bertz CT molecular complexity index is 425. The van der Waals surface area contributed by atoms with Gasteiger partial charge in [0.2, 0.25) is 0 Å². The normalized spacial score (nSPS) is 15.9. The average molecular weight is 290 g/mol. The first-order valence-corrected chi connectivity index (χ1v) is 7.93. The van der Waals surface area contributed by atoms with Gasteiger partial charge < -0.3 is 15.4 Å². The zero-order valence-corrected chi connectivity index (χ0v) is 12.9. The van der Waals surface area contributed by atoms with Gasteiger partial charge in [0.15, 0.2) is 0 Å².